The summed E-state index contributed by atoms with van der Waals surface area (Å²) < 4.78 is 0. The zero-order chi connectivity index (χ0) is 10.9. The summed E-state index contributed by atoms with van der Waals surface area (Å²) in [6, 6.07) is 4.21. The van der Waals surface area contributed by atoms with Gasteiger partial charge in [0.15, 0.2) is 0 Å². The highest BCUT2D eigenvalue weighted by Gasteiger charge is 2.14. The normalized spacial score (nSPS) is 13.4. The smallest absolute Gasteiger partial charge is 0.133 e. The summed E-state index contributed by atoms with van der Waals surface area (Å²) in [5.74, 6) is 0. The zero-order valence-electron chi connectivity index (χ0n) is 9.63. The van der Waals surface area contributed by atoms with Crippen molar-refractivity contribution in [3.63, 3.8) is 0 Å². The van der Waals surface area contributed by atoms with E-state index >= 15 is 0 Å². The first-order valence-electron chi connectivity index (χ1n) is 4.85. The van der Waals surface area contributed by atoms with E-state index in [2.05, 4.69) is 19.1 Å². The summed E-state index contributed by atoms with van der Waals surface area (Å²) in [5.41, 5.74) is 4.59. The lowest BCUT2D eigenvalue weighted by atomic mass is 9.98. The molecule has 0 saturated heterocycles. The van der Waals surface area contributed by atoms with Gasteiger partial charge in [-0.05, 0) is 46.0 Å². The van der Waals surface area contributed by atoms with Crippen LogP contribution in [0, 0.1) is 20.8 Å². The quantitative estimate of drug-likeness (QED) is 0.728. The molecular weight excluding hydrogens is 174 g/mol. The van der Waals surface area contributed by atoms with Gasteiger partial charge in [-0.1, -0.05) is 17.7 Å². The molecule has 2 heteroatoms. The van der Waals surface area contributed by atoms with E-state index in [4.69, 9.17) is 0 Å². The molecule has 1 aromatic carbocycles. The second-order valence-corrected chi connectivity index (χ2v) is 4.15. The van der Waals surface area contributed by atoms with E-state index in [1.165, 1.54) is 5.56 Å². The lowest BCUT2D eigenvalue weighted by Gasteiger charge is -2.23. The first-order chi connectivity index (χ1) is 6.43. The number of hydrogen-bond acceptors (Lipinski definition) is 2. The van der Waals surface area contributed by atoms with Gasteiger partial charge in [0.25, 0.3) is 0 Å². The number of aliphatic hydroxyl groups excluding tert-OH is 1. The number of rotatable bonds is 2. The molecule has 1 atom stereocenters. The number of benzene rings is 1. The second-order valence-electron chi connectivity index (χ2n) is 4.15. The standard InChI is InChI=1S/C12H19NO/c1-8-6-9(2)11(10(3)7-8)12(14)13(4)5/h6-7,12,14H,1-5H3. The van der Waals surface area contributed by atoms with E-state index in [0.29, 0.717) is 0 Å². The van der Waals surface area contributed by atoms with Crippen molar-refractivity contribution in [3.8, 4) is 0 Å². The summed E-state index contributed by atoms with van der Waals surface area (Å²) in [7, 11) is 3.76. The average molecular weight is 193 g/mol. The van der Waals surface area contributed by atoms with Crippen LogP contribution in [0.15, 0.2) is 12.1 Å². The van der Waals surface area contributed by atoms with Gasteiger partial charge < -0.3 is 5.11 Å². The highest BCUT2D eigenvalue weighted by Crippen LogP contribution is 2.24. The van der Waals surface area contributed by atoms with Crippen molar-refractivity contribution in [2.24, 2.45) is 0 Å². The summed E-state index contributed by atoms with van der Waals surface area (Å²) in [6.45, 7) is 6.16. The molecule has 0 radical (unpaired) electrons. The number of aliphatic hydroxyl groups is 1. The first kappa shape index (κ1) is 11.2. The second kappa shape index (κ2) is 4.11. The summed E-state index contributed by atoms with van der Waals surface area (Å²) in [4.78, 5) is 1.81. The fourth-order valence-corrected chi connectivity index (χ4v) is 1.86. The molecule has 78 valence electrons. The lowest BCUT2D eigenvalue weighted by Crippen LogP contribution is -2.21. The van der Waals surface area contributed by atoms with Crippen molar-refractivity contribution >= 4 is 0 Å². The average Bonchev–Trinajstić information content (AvgIpc) is 2.01. The topological polar surface area (TPSA) is 23.5 Å². The molecule has 0 aliphatic rings. The third-order valence-corrected chi connectivity index (χ3v) is 2.49. The molecule has 14 heavy (non-hydrogen) atoms. The maximum Gasteiger partial charge on any atom is 0.133 e. The minimum absolute atomic E-state index is 0.504. The predicted octanol–water partition coefficient (Wildman–Crippen LogP) is 2.16. The van der Waals surface area contributed by atoms with Crippen LogP contribution in [0.3, 0.4) is 0 Å². The van der Waals surface area contributed by atoms with Gasteiger partial charge in [-0.2, -0.15) is 0 Å². The molecule has 1 rings (SSSR count). The van der Waals surface area contributed by atoms with E-state index in [1.807, 2.05) is 32.8 Å². The van der Waals surface area contributed by atoms with Crippen LogP contribution in [0.25, 0.3) is 0 Å². The Hall–Kier alpha value is -0.860. The van der Waals surface area contributed by atoms with Crippen molar-refractivity contribution in [2.45, 2.75) is 27.0 Å². The molecule has 2 nitrogen and oxygen atoms in total. The van der Waals surface area contributed by atoms with E-state index in [9.17, 15) is 5.11 Å². The molecule has 1 unspecified atom stereocenters. The Bertz CT molecular complexity index is 308. The van der Waals surface area contributed by atoms with Crippen LogP contribution in [0.5, 0.6) is 0 Å². The van der Waals surface area contributed by atoms with E-state index in [-0.39, 0.29) is 0 Å². The minimum Gasteiger partial charge on any atom is -0.374 e. The van der Waals surface area contributed by atoms with Crippen LogP contribution in [0.4, 0.5) is 0 Å². The van der Waals surface area contributed by atoms with Gasteiger partial charge >= 0.3 is 0 Å². The van der Waals surface area contributed by atoms with Crippen LogP contribution in [-0.2, 0) is 0 Å². The van der Waals surface area contributed by atoms with E-state index in [1.54, 1.807) is 0 Å². The molecule has 0 amide bonds. The van der Waals surface area contributed by atoms with Crippen LogP contribution in [-0.4, -0.2) is 24.1 Å². The summed E-state index contributed by atoms with van der Waals surface area (Å²) >= 11 is 0. The fraction of sp³-hybridized carbons (Fsp3) is 0.500. The Morgan fingerprint density at radius 1 is 1.07 bits per heavy atom. The molecule has 0 heterocycles. The Balaban J connectivity index is 3.20. The third kappa shape index (κ3) is 2.14. The van der Waals surface area contributed by atoms with Crippen molar-refractivity contribution in [1.29, 1.82) is 0 Å². The zero-order valence-corrected chi connectivity index (χ0v) is 9.63. The number of hydrogen-bond donors (Lipinski definition) is 1. The monoisotopic (exact) mass is 193 g/mol. The Morgan fingerprint density at radius 3 is 1.86 bits per heavy atom. The molecule has 0 saturated carbocycles. The Labute approximate surface area is 86.2 Å². The molecule has 0 aliphatic carbocycles. The Kier molecular flexibility index (Phi) is 3.29. The molecular formula is C12H19NO. The maximum atomic E-state index is 9.98. The maximum absolute atomic E-state index is 9.98. The highest BCUT2D eigenvalue weighted by molar-refractivity contribution is 5.38. The lowest BCUT2D eigenvalue weighted by molar-refractivity contribution is 0.0385. The van der Waals surface area contributed by atoms with Gasteiger partial charge in [-0.15, -0.1) is 0 Å². The molecule has 0 bridgehead atoms. The van der Waals surface area contributed by atoms with Crippen molar-refractivity contribution in [3.05, 3.63) is 34.4 Å². The molecule has 0 aromatic heterocycles. The molecule has 1 N–H and O–H groups in total. The molecule has 0 spiro atoms. The van der Waals surface area contributed by atoms with Gasteiger partial charge in [0.05, 0.1) is 0 Å². The van der Waals surface area contributed by atoms with Gasteiger partial charge in [0.2, 0.25) is 0 Å². The van der Waals surface area contributed by atoms with Crippen LogP contribution < -0.4 is 0 Å². The first-order valence-corrected chi connectivity index (χ1v) is 4.85. The van der Waals surface area contributed by atoms with Crippen LogP contribution in [0.2, 0.25) is 0 Å². The van der Waals surface area contributed by atoms with Crippen molar-refractivity contribution < 1.29 is 5.11 Å². The van der Waals surface area contributed by atoms with Crippen molar-refractivity contribution in [2.75, 3.05) is 14.1 Å². The number of aryl methyl sites for hydroxylation is 3. The fourth-order valence-electron chi connectivity index (χ4n) is 1.86. The largest absolute Gasteiger partial charge is 0.374 e. The Morgan fingerprint density at radius 2 is 1.50 bits per heavy atom. The van der Waals surface area contributed by atoms with Gasteiger partial charge in [0, 0.05) is 5.56 Å². The number of nitrogens with zero attached hydrogens (tertiary/aromatic N) is 1. The predicted molar refractivity (Wildman–Crippen MR) is 59.3 cm³/mol. The SMILES string of the molecule is Cc1cc(C)c(C(O)N(C)C)c(C)c1. The highest BCUT2D eigenvalue weighted by atomic mass is 16.3. The van der Waals surface area contributed by atoms with Crippen LogP contribution in [0.1, 0.15) is 28.5 Å². The minimum atomic E-state index is -0.504. The van der Waals surface area contributed by atoms with Gasteiger partial charge in [-0.3, -0.25) is 4.90 Å². The van der Waals surface area contributed by atoms with Crippen LogP contribution >= 0.6 is 0 Å². The van der Waals surface area contributed by atoms with E-state index < -0.39 is 6.23 Å². The molecule has 0 fully saturated rings. The van der Waals surface area contributed by atoms with Crippen molar-refractivity contribution in [1.82, 2.24) is 4.90 Å². The third-order valence-electron chi connectivity index (χ3n) is 2.49. The van der Waals surface area contributed by atoms with E-state index in [0.717, 1.165) is 16.7 Å². The van der Waals surface area contributed by atoms with Gasteiger partial charge in [-0.25, -0.2) is 0 Å². The van der Waals surface area contributed by atoms with Gasteiger partial charge in [0.1, 0.15) is 6.23 Å². The molecule has 0 aliphatic heterocycles. The summed E-state index contributed by atoms with van der Waals surface area (Å²) in [5, 5.41) is 9.98. The molecule has 1 aromatic rings. The summed E-state index contributed by atoms with van der Waals surface area (Å²) in [6.07, 6.45) is -0.504.